The largest absolute Gasteiger partial charge is 0.493 e. The molecular weight excluding hydrogens is 302 g/mol. The van der Waals surface area contributed by atoms with Gasteiger partial charge in [-0.05, 0) is 38.3 Å². The molecule has 1 saturated heterocycles. The van der Waals surface area contributed by atoms with Gasteiger partial charge in [0.1, 0.15) is 5.75 Å². The Labute approximate surface area is 131 Å². The van der Waals surface area contributed by atoms with E-state index in [1.807, 2.05) is 6.92 Å². The SMILES string of the molecule is CC1CCCN1S(=O)(=O)Nc1cccc(OCCCC#N)c1. The second-order valence-electron chi connectivity index (χ2n) is 5.35. The molecule has 0 radical (unpaired) electrons. The first-order chi connectivity index (χ1) is 10.5. The molecule has 0 amide bonds. The topological polar surface area (TPSA) is 82.4 Å². The molecule has 1 unspecified atom stereocenters. The number of hydrogen-bond acceptors (Lipinski definition) is 4. The molecule has 1 aromatic rings. The Morgan fingerprint density at radius 2 is 2.32 bits per heavy atom. The normalized spacial score (nSPS) is 18.8. The van der Waals surface area contributed by atoms with E-state index in [4.69, 9.17) is 10.00 Å². The maximum Gasteiger partial charge on any atom is 0.301 e. The standard InChI is InChI=1S/C15H21N3O3S/c1-13-6-5-10-18(13)22(19,20)17-14-7-4-8-15(12-14)21-11-3-2-9-16/h4,7-8,12-13,17H,2-3,5-6,10-11H2,1H3. The minimum Gasteiger partial charge on any atom is -0.493 e. The number of rotatable bonds is 7. The zero-order valence-electron chi connectivity index (χ0n) is 12.7. The van der Waals surface area contributed by atoms with Crippen molar-refractivity contribution in [2.24, 2.45) is 0 Å². The van der Waals surface area contributed by atoms with Gasteiger partial charge in [-0.3, -0.25) is 4.72 Å². The zero-order valence-corrected chi connectivity index (χ0v) is 13.5. The van der Waals surface area contributed by atoms with Crippen LogP contribution in [0.15, 0.2) is 24.3 Å². The summed E-state index contributed by atoms with van der Waals surface area (Å²) in [7, 11) is -3.52. The summed E-state index contributed by atoms with van der Waals surface area (Å²) in [5.41, 5.74) is 0.483. The van der Waals surface area contributed by atoms with Gasteiger partial charge in [0, 0.05) is 25.1 Å². The lowest BCUT2D eigenvalue weighted by atomic mass is 10.3. The summed E-state index contributed by atoms with van der Waals surface area (Å²) in [6, 6.07) is 8.94. The van der Waals surface area contributed by atoms with Crippen molar-refractivity contribution in [3.8, 4) is 11.8 Å². The summed E-state index contributed by atoms with van der Waals surface area (Å²) in [5.74, 6) is 0.590. The van der Waals surface area contributed by atoms with Gasteiger partial charge in [-0.1, -0.05) is 6.07 Å². The van der Waals surface area contributed by atoms with Crippen LogP contribution in [0.3, 0.4) is 0 Å². The predicted octanol–water partition coefficient (Wildman–Crippen LogP) is 2.51. The van der Waals surface area contributed by atoms with Crippen LogP contribution < -0.4 is 9.46 Å². The van der Waals surface area contributed by atoms with E-state index in [2.05, 4.69) is 10.8 Å². The van der Waals surface area contributed by atoms with Gasteiger partial charge in [-0.15, -0.1) is 0 Å². The summed E-state index contributed by atoms with van der Waals surface area (Å²) in [6.45, 7) is 2.91. The van der Waals surface area contributed by atoms with Crippen LogP contribution in [0.2, 0.25) is 0 Å². The van der Waals surface area contributed by atoms with Crippen LogP contribution in [0.4, 0.5) is 5.69 Å². The Kier molecular flexibility index (Phi) is 5.63. The number of unbranched alkanes of at least 4 members (excludes halogenated alkanes) is 1. The molecular formula is C15H21N3O3S. The Bertz CT molecular complexity index is 640. The smallest absolute Gasteiger partial charge is 0.301 e. The summed E-state index contributed by atoms with van der Waals surface area (Å²) in [5, 5.41) is 8.47. The number of nitrogens with one attached hydrogen (secondary N) is 1. The average Bonchev–Trinajstić information content (AvgIpc) is 2.91. The van der Waals surface area contributed by atoms with Crippen LogP contribution in [0.25, 0.3) is 0 Å². The molecule has 6 nitrogen and oxygen atoms in total. The van der Waals surface area contributed by atoms with Crippen molar-refractivity contribution in [3.63, 3.8) is 0 Å². The average molecular weight is 323 g/mol. The van der Waals surface area contributed by atoms with Gasteiger partial charge in [-0.2, -0.15) is 18.0 Å². The first-order valence-electron chi connectivity index (χ1n) is 7.42. The minimum absolute atomic E-state index is 0.0305. The fraction of sp³-hybridized carbons (Fsp3) is 0.533. The van der Waals surface area contributed by atoms with Gasteiger partial charge < -0.3 is 4.74 Å². The van der Waals surface area contributed by atoms with Crippen molar-refractivity contribution in [1.82, 2.24) is 4.31 Å². The van der Waals surface area contributed by atoms with Crippen LogP contribution in [-0.2, 0) is 10.2 Å². The van der Waals surface area contributed by atoms with E-state index in [0.717, 1.165) is 12.8 Å². The van der Waals surface area contributed by atoms with E-state index in [1.165, 1.54) is 4.31 Å². The second-order valence-corrected chi connectivity index (χ2v) is 6.97. The minimum atomic E-state index is -3.52. The molecule has 0 aliphatic carbocycles. The molecule has 1 N–H and O–H groups in total. The third-order valence-electron chi connectivity index (χ3n) is 3.58. The van der Waals surface area contributed by atoms with Gasteiger partial charge in [0.05, 0.1) is 18.4 Å². The summed E-state index contributed by atoms with van der Waals surface area (Å²) >= 11 is 0. The highest BCUT2D eigenvalue weighted by molar-refractivity contribution is 7.90. The van der Waals surface area contributed by atoms with Gasteiger partial charge in [0.15, 0.2) is 0 Å². The number of nitrogens with zero attached hydrogens (tertiary/aromatic N) is 2. The first-order valence-corrected chi connectivity index (χ1v) is 8.86. The number of benzene rings is 1. The molecule has 7 heteroatoms. The second kappa shape index (κ2) is 7.47. The number of hydrogen-bond donors (Lipinski definition) is 1. The van der Waals surface area contributed by atoms with E-state index in [-0.39, 0.29) is 6.04 Å². The molecule has 1 heterocycles. The van der Waals surface area contributed by atoms with Crippen molar-refractivity contribution >= 4 is 15.9 Å². The monoisotopic (exact) mass is 323 g/mol. The van der Waals surface area contributed by atoms with Crippen LogP contribution in [0.1, 0.15) is 32.6 Å². The quantitative estimate of drug-likeness (QED) is 0.782. The molecule has 2 rings (SSSR count). The summed E-state index contributed by atoms with van der Waals surface area (Å²) < 4.78 is 34.3. The van der Waals surface area contributed by atoms with Crippen molar-refractivity contribution in [3.05, 3.63) is 24.3 Å². The maximum absolute atomic E-state index is 12.4. The molecule has 120 valence electrons. The Balaban J connectivity index is 1.99. The Hall–Kier alpha value is -1.78. The van der Waals surface area contributed by atoms with E-state index >= 15 is 0 Å². The number of ether oxygens (including phenoxy) is 1. The van der Waals surface area contributed by atoms with Crippen LogP contribution in [0.5, 0.6) is 5.75 Å². The highest BCUT2D eigenvalue weighted by Crippen LogP contribution is 2.24. The van der Waals surface area contributed by atoms with Gasteiger partial charge in [0.2, 0.25) is 0 Å². The Morgan fingerprint density at radius 1 is 1.50 bits per heavy atom. The van der Waals surface area contributed by atoms with Gasteiger partial charge in [-0.25, -0.2) is 0 Å². The fourth-order valence-electron chi connectivity index (χ4n) is 2.46. The highest BCUT2D eigenvalue weighted by Gasteiger charge is 2.31. The number of nitriles is 1. The predicted molar refractivity (Wildman–Crippen MR) is 84.7 cm³/mol. The molecule has 1 atom stereocenters. The molecule has 1 fully saturated rings. The lowest BCUT2D eigenvalue weighted by molar-refractivity contribution is 0.313. The van der Waals surface area contributed by atoms with Crippen molar-refractivity contribution in [1.29, 1.82) is 5.26 Å². The van der Waals surface area contributed by atoms with E-state index in [0.29, 0.717) is 37.4 Å². The molecule has 22 heavy (non-hydrogen) atoms. The molecule has 0 aromatic heterocycles. The lowest BCUT2D eigenvalue weighted by Crippen LogP contribution is -2.37. The summed E-state index contributed by atoms with van der Waals surface area (Å²) in [6.07, 6.45) is 2.88. The summed E-state index contributed by atoms with van der Waals surface area (Å²) in [4.78, 5) is 0. The van der Waals surface area contributed by atoms with Gasteiger partial charge in [0.25, 0.3) is 0 Å². The maximum atomic E-state index is 12.4. The van der Waals surface area contributed by atoms with E-state index < -0.39 is 10.2 Å². The first kappa shape index (κ1) is 16.6. The van der Waals surface area contributed by atoms with Crippen LogP contribution in [-0.4, -0.2) is 31.9 Å². The third-order valence-corrected chi connectivity index (χ3v) is 5.24. The van der Waals surface area contributed by atoms with Crippen molar-refractivity contribution < 1.29 is 13.2 Å². The third kappa shape index (κ3) is 4.36. The molecule has 1 aliphatic heterocycles. The highest BCUT2D eigenvalue weighted by atomic mass is 32.2. The molecule has 0 bridgehead atoms. The molecule has 0 saturated carbocycles. The van der Waals surface area contributed by atoms with Crippen molar-refractivity contribution in [2.75, 3.05) is 17.9 Å². The Morgan fingerprint density at radius 3 is 3.00 bits per heavy atom. The van der Waals surface area contributed by atoms with Crippen LogP contribution in [0, 0.1) is 11.3 Å². The zero-order chi connectivity index (χ0) is 16.0. The van der Waals surface area contributed by atoms with E-state index in [1.54, 1.807) is 24.3 Å². The molecule has 1 aromatic carbocycles. The van der Waals surface area contributed by atoms with E-state index in [9.17, 15) is 8.42 Å². The van der Waals surface area contributed by atoms with Gasteiger partial charge >= 0.3 is 10.2 Å². The lowest BCUT2D eigenvalue weighted by Gasteiger charge is -2.21. The molecule has 1 aliphatic rings. The fourth-order valence-corrected chi connectivity index (χ4v) is 3.95. The van der Waals surface area contributed by atoms with Crippen molar-refractivity contribution in [2.45, 2.75) is 38.6 Å². The number of anilines is 1. The van der Waals surface area contributed by atoms with Crippen LogP contribution >= 0.6 is 0 Å². The molecule has 0 spiro atoms.